The van der Waals surface area contributed by atoms with Crippen LogP contribution in [0.1, 0.15) is 38.5 Å². The highest BCUT2D eigenvalue weighted by atomic mass is 79.9. The van der Waals surface area contributed by atoms with Crippen molar-refractivity contribution in [2.24, 2.45) is 5.92 Å². The van der Waals surface area contributed by atoms with Crippen LogP contribution in [0.5, 0.6) is 0 Å². The summed E-state index contributed by atoms with van der Waals surface area (Å²) in [6.45, 7) is 5.09. The monoisotopic (exact) mass is 334 g/mol. The van der Waals surface area contributed by atoms with Gasteiger partial charge in [-0.3, -0.25) is 4.68 Å². The van der Waals surface area contributed by atoms with E-state index in [-0.39, 0.29) is 5.92 Å². The SMILES string of the molecule is CCC(CC)C(O)C(O)c1c(Br)cnn1CCOC. The van der Waals surface area contributed by atoms with Crippen molar-refractivity contribution in [3.05, 3.63) is 16.4 Å². The first kappa shape index (κ1) is 16.6. The first-order valence-electron chi connectivity index (χ1n) is 6.63. The van der Waals surface area contributed by atoms with Crippen molar-refractivity contribution in [1.82, 2.24) is 9.78 Å². The fourth-order valence-electron chi connectivity index (χ4n) is 2.21. The molecule has 0 saturated heterocycles. The van der Waals surface area contributed by atoms with Gasteiger partial charge in [-0.1, -0.05) is 26.7 Å². The smallest absolute Gasteiger partial charge is 0.123 e. The summed E-state index contributed by atoms with van der Waals surface area (Å²) in [4.78, 5) is 0. The third-order valence-electron chi connectivity index (χ3n) is 3.48. The topological polar surface area (TPSA) is 67.5 Å². The molecule has 0 saturated carbocycles. The van der Waals surface area contributed by atoms with Crippen molar-refractivity contribution in [2.75, 3.05) is 13.7 Å². The predicted molar refractivity (Wildman–Crippen MR) is 76.8 cm³/mol. The molecular weight excluding hydrogens is 312 g/mol. The lowest BCUT2D eigenvalue weighted by Crippen LogP contribution is -2.29. The molecule has 6 heteroatoms. The van der Waals surface area contributed by atoms with Gasteiger partial charge in [-0.2, -0.15) is 5.10 Å². The molecule has 0 bridgehead atoms. The second kappa shape index (κ2) is 7.99. The fraction of sp³-hybridized carbons (Fsp3) is 0.769. The number of aromatic nitrogens is 2. The first-order chi connectivity index (χ1) is 9.06. The molecule has 0 aliphatic rings. The van der Waals surface area contributed by atoms with Crippen LogP contribution in [0, 0.1) is 5.92 Å². The Kier molecular flexibility index (Phi) is 6.99. The van der Waals surface area contributed by atoms with Crippen LogP contribution in [0.4, 0.5) is 0 Å². The fourth-order valence-corrected chi connectivity index (χ4v) is 2.74. The van der Waals surface area contributed by atoms with E-state index in [1.54, 1.807) is 18.0 Å². The zero-order valence-corrected chi connectivity index (χ0v) is 13.3. The Morgan fingerprint density at radius 1 is 1.37 bits per heavy atom. The second-order valence-corrected chi connectivity index (χ2v) is 5.46. The van der Waals surface area contributed by atoms with Gasteiger partial charge >= 0.3 is 0 Å². The van der Waals surface area contributed by atoms with Crippen molar-refractivity contribution in [1.29, 1.82) is 0 Å². The molecule has 1 aromatic rings. The third-order valence-corrected chi connectivity index (χ3v) is 4.09. The summed E-state index contributed by atoms with van der Waals surface area (Å²) in [5.41, 5.74) is 0.608. The third kappa shape index (κ3) is 4.02. The number of rotatable bonds is 8. The van der Waals surface area contributed by atoms with E-state index in [2.05, 4.69) is 21.0 Å². The lowest BCUT2D eigenvalue weighted by Gasteiger charge is -2.26. The van der Waals surface area contributed by atoms with Gasteiger partial charge in [0, 0.05) is 7.11 Å². The summed E-state index contributed by atoms with van der Waals surface area (Å²) in [5, 5.41) is 24.9. The molecule has 5 nitrogen and oxygen atoms in total. The van der Waals surface area contributed by atoms with Crippen molar-refractivity contribution in [2.45, 2.75) is 45.4 Å². The normalized spacial score (nSPS) is 14.9. The first-order valence-corrected chi connectivity index (χ1v) is 7.42. The average Bonchev–Trinajstić information content (AvgIpc) is 2.77. The summed E-state index contributed by atoms with van der Waals surface area (Å²) in [5.74, 6) is 0.0766. The molecule has 110 valence electrons. The number of halogens is 1. The number of nitrogens with zero attached hydrogens (tertiary/aromatic N) is 2. The van der Waals surface area contributed by atoms with Crippen LogP contribution in [-0.4, -0.2) is 39.8 Å². The zero-order valence-electron chi connectivity index (χ0n) is 11.7. The molecule has 2 unspecified atom stereocenters. The molecule has 0 amide bonds. The summed E-state index contributed by atoms with van der Waals surface area (Å²) < 4.78 is 7.40. The average molecular weight is 335 g/mol. The van der Waals surface area contributed by atoms with E-state index < -0.39 is 12.2 Å². The van der Waals surface area contributed by atoms with Crippen LogP contribution in [0.3, 0.4) is 0 Å². The van der Waals surface area contributed by atoms with Gasteiger partial charge in [0.05, 0.1) is 35.6 Å². The number of hydrogen-bond donors (Lipinski definition) is 2. The standard InChI is InChI=1S/C13H23BrN2O3/c1-4-9(5-2)12(17)13(18)11-10(14)8-15-16(11)6-7-19-3/h8-9,12-13,17-18H,4-7H2,1-3H3. The van der Waals surface area contributed by atoms with E-state index in [4.69, 9.17) is 4.74 Å². The predicted octanol–water partition coefficient (Wildman–Crippen LogP) is 2.12. The molecule has 1 rings (SSSR count). The van der Waals surface area contributed by atoms with E-state index in [9.17, 15) is 10.2 Å². The second-order valence-electron chi connectivity index (χ2n) is 4.61. The highest BCUT2D eigenvalue weighted by Crippen LogP contribution is 2.30. The molecule has 2 N–H and O–H groups in total. The Balaban J connectivity index is 2.91. The lowest BCUT2D eigenvalue weighted by atomic mass is 9.91. The van der Waals surface area contributed by atoms with Gasteiger partial charge in [0.25, 0.3) is 0 Å². The maximum Gasteiger partial charge on any atom is 0.123 e. The maximum atomic E-state index is 10.4. The van der Waals surface area contributed by atoms with Crippen molar-refractivity contribution in [3.8, 4) is 0 Å². The van der Waals surface area contributed by atoms with Crippen LogP contribution in [0.25, 0.3) is 0 Å². The summed E-state index contributed by atoms with van der Waals surface area (Å²) >= 11 is 3.38. The largest absolute Gasteiger partial charge is 0.390 e. The Bertz CT molecular complexity index is 380. The van der Waals surface area contributed by atoms with E-state index in [1.807, 2.05) is 13.8 Å². The summed E-state index contributed by atoms with van der Waals surface area (Å²) in [7, 11) is 1.62. The summed E-state index contributed by atoms with van der Waals surface area (Å²) in [6, 6.07) is 0. The maximum absolute atomic E-state index is 10.4. The molecule has 19 heavy (non-hydrogen) atoms. The van der Waals surface area contributed by atoms with Gasteiger partial charge < -0.3 is 14.9 Å². The van der Waals surface area contributed by atoms with Crippen LogP contribution in [0.15, 0.2) is 10.7 Å². The van der Waals surface area contributed by atoms with Gasteiger partial charge in [0.1, 0.15) is 6.10 Å². The number of ether oxygens (including phenoxy) is 1. The van der Waals surface area contributed by atoms with Gasteiger partial charge in [-0.25, -0.2) is 0 Å². The van der Waals surface area contributed by atoms with Crippen LogP contribution < -0.4 is 0 Å². The molecule has 0 fully saturated rings. The number of aliphatic hydroxyl groups is 2. The Morgan fingerprint density at radius 3 is 2.53 bits per heavy atom. The van der Waals surface area contributed by atoms with Crippen molar-refractivity contribution in [3.63, 3.8) is 0 Å². The Morgan fingerprint density at radius 2 is 2.00 bits per heavy atom. The van der Waals surface area contributed by atoms with Crippen LogP contribution in [-0.2, 0) is 11.3 Å². The molecule has 0 aromatic carbocycles. The van der Waals surface area contributed by atoms with Crippen molar-refractivity contribution >= 4 is 15.9 Å². The van der Waals surface area contributed by atoms with Gasteiger partial charge in [0.15, 0.2) is 0 Å². The van der Waals surface area contributed by atoms with Gasteiger partial charge in [-0.15, -0.1) is 0 Å². The minimum Gasteiger partial charge on any atom is -0.390 e. The van der Waals surface area contributed by atoms with Crippen LogP contribution in [0.2, 0.25) is 0 Å². The molecule has 0 radical (unpaired) electrons. The number of methoxy groups -OCH3 is 1. The van der Waals surface area contributed by atoms with Gasteiger partial charge in [-0.05, 0) is 21.8 Å². The molecule has 0 aliphatic carbocycles. The van der Waals surface area contributed by atoms with E-state index >= 15 is 0 Å². The minimum absolute atomic E-state index is 0.0766. The highest BCUT2D eigenvalue weighted by molar-refractivity contribution is 9.10. The quantitative estimate of drug-likeness (QED) is 0.764. The van der Waals surface area contributed by atoms with Crippen molar-refractivity contribution < 1.29 is 14.9 Å². The Labute approximate surface area is 122 Å². The summed E-state index contributed by atoms with van der Waals surface area (Å²) in [6.07, 6.45) is 1.56. The molecular formula is C13H23BrN2O3. The van der Waals surface area contributed by atoms with Crippen LogP contribution >= 0.6 is 15.9 Å². The van der Waals surface area contributed by atoms with Gasteiger partial charge in [0.2, 0.25) is 0 Å². The van der Waals surface area contributed by atoms with E-state index in [1.165, 1.54) is 0 Å². The minimum atomic E-state index is -0.946. The lowest BCUT2D eigenvalue weighted by molar-refractivity contribution is -0.0260. The number of hydrogen-bond acceptors (Lipinski definition) is 4. The Hall–Kier alpha value is -0.430. The van der Waals surface area contributed by atoms with E-state index in [0.717, 1.165) is 12.8 Å². The molecule has 2 atom stereocenters. The zero-order chi connectivity index (χ0) is 14.4. The van der Waals surface area contributed by atoms with E-state index in [0.29, 0.717) is 23.3 Å². The number of aliphatic hydroxyl groups excluding tert-OH is 2. The molecule has 0 spiro atoms. The molecule has 1 aromatic heterocycles. The highest BCUT2D eigenvalue weighted by Gasteiger charge is 2.29. The molecule has 0 aliphatic heterocycles. The molecule has 1 heterocycles.